The standard InChI is InChI=1S/C60H39N3O2/c1-62-53(38-18-6-3-7-19-38)36-50(37-16-4-2-5-17-37)61-59(62)63-51-25-13-10-22-43(51)45-34-39(29-32-52(45)63)40-28-30-44-49(35-40)60(46-23-11-8-20-41(46)42-21-9-12-24-47(42)60)48-31-33-56-58(57(44)48)65-55-27-15-14-26-54(55)64-56/h2-36,59H,1H3. The Kier molecular flexibility index (Phi) is 7.53. The number of allylic oxidation sites excluding steroid dienone is 1. The minimum absolute atomic E-state index is 0.330. The summed E-state index contributed by atoms with van der Waals surface area (Å²) >= 11 is 0. The summed E-state index contributed by atoms with van der Waals surface area (Å²) in [5.74, 6) is 2.94. The van der Waals surface area contributed by atoms with Crippen molar-refractivity contribution in [3.05, 3.63) is 246 Å². The molecule has 0 fully saturated rings. The summed E-state index contributed by atoms with van der Waals surface area (Å²) in [5, 5.41) is 2.38. The first-order valence-corrected chi connectivity index (χ1v) is 22.3. The zero-order valence-electron chi connectivity index (χ0n) is 35.4. The van der Waals surface area contributed by atoms with Gasteiger partial charge in [-0.25, -0.2) is 4.99 Å². The molecule has 1 aromatic heterocycles. The molecule has 5 heteroatoms. The molecular formula is C60H39N3O2. The Balaban J connectivity index is 0.967. The molecule has 9 aromatic carbocycles. The number of rotatable bonds is 4. The molecule has 1 spiro atoms. The molecule has 5 nitrogen and oxygen atoms in total. The van der Waals surface area contributed by atoms with E-state index in [1.807, 2.05) is 24.3 Å². The van der Waals surface area contributed by atoms with Crippen LogP contribution >= 0.6 is 0 Å². The lowest BCUT2D eigenvalue weighted by atomic mass is 9.70. The van der Waals surface area contributed by atoms with Gasteiger partial charge in [0.25, 0.3) is 0 Å². The van der Waals surface area contributed by atoms with E-state index in [2.05, 4.69) is 205 Å². The zero-order valence-corrected chi connectivity index (χ0v) is 35.4. The highest BCUT2D eigenvalue weighted by atomic mass is 16.6. The Morgan fingerprint density at radius 1 is 0.446 bits per heavy atom. The number of hydrogen-bond acceptors (Lipinski definition) is 4. The van der Waals surface area contributed by atoms with Crippen LogP contribution in [0.4, 0.5) is 0 Å². The molecule has 14 rings (SSSR count). The molecule has 2 aliphatic heterocycles. The molecule has 1 atom stereocenters. The summed E-state index contributed by atoms with van der Waals surface area (Å²) in [7, 11) is 2.16. The summed E-state index contributed by atoms with van der Waals surface area (Å²) < 4.78 is 15.8. The molecule has 65 heavy (non-hydrogen) atoms. The number of para-hydroxylation sites is 3. The van der Waals surface area contributed by atoms with Crippen LogP contribution in [-0.4, -0.2) is 22.2 Å². The van der Waals surface area contributed by atoms with Crippen LogP contribution in [0.3, 0.4) is 0 Å². The maximum absolute atomic E-state index is 6.84. The smallest absolute Gasteiger partial charge is 0.203 e. The predicted octanol–water partition coefficient (Wildman–Crippen LogP) is 14.6. The molecule has 0 amide bonds. The third-order valence-corrected chi connectivity index (χ3v) is 14.1. The lowest BCUT2D eigenvalue weighted by Gasteiger charge is -2.35. The number of nitrogens with zero attached hydrogens (tertiary/aromatic N) is 3. The number of ether oxygens (including phenoxy) is 2. The summed E-state index contributed by atoms with van der Waals surface area (Å²) in [4.78, 5) is 7.83. The monoisotopic (exact) mass is 833 g/mol. The van der Waals surface area contributed by atoms with Gasteiger partial charge in [0.1, 0.15) is 0 Å². The highest BCUT2D eigenvalue weighted by Crippen LogP contribution is 2.66. The van der Waals surface area contributed by atoms with Crippen molar-refractivity contribution in [2.75, 3.05) is 7.05 Å². The lowest BCUT2D eigenvalue weighted by molar-refractivity contribution is 0.282. The van der Waals surface area contributed by atoms with Crippen LogP contribution in [0.5, 0.6) is 23.0 Å². The highest BCUT2D eigenvalue weighted by molar-refractivity contribution is 6.14. The molecule has 0 N–H and O–H groups in total. The first-order chi connectivity index (χ1) is 32.1. The number of aromatic nitrogens is 1. The third-order valence-electron chi connectivity index (χ3n) is 14.1. The first-order valence-electron chi connectivity index (χ1n) is 22.3. The Morgan fingerprint density at radius 3 is 1.83 bits per heavy atom. The van der Waals surface area contributed by atoms with E-state index in [0.29, 0.717) is 0 Å². The van der Waals surface area contributed by atoms with Crippen LogP contribution in [0.15, 0.2) is 217 Å². The fraction of sp³-hybridized carbons (Fsp3) is 0.0500. The minimum Gasteiger partial charge on any atom is -0.449 e. The van der Waals surface area contributed by atoms with Crippen LogP contribution < -0.4 is 9.47 Å². The van der Waals surface area contributed by atoms with Gasteiger partial charge in [-0.1, -0.05) is 164 Å². The number of hydrogen-bond donors (Lipinski definition) is 0. The van der Waals surface area contributed by atoms with E-state index in [0.717, 1.165) is 78.8 Å². The van der Waals surface area contributed by atoms with E-state index < -0.39 is 5.41 Å². The van der Waals surface area contributed by atoms with Crippen molar-refractivity contribution in [2.45, 2.75) is 11.7 Å². The van der Waals surface area contributed by atoms with Crippen LogP contribution in [-0.2, 0) is 5.41 Å². The van der Waals surface area contributed by atoms with Gasteiger partial charge >= 0.3 is 0 Å². The van der Waals surface area contributed by atoms with Gasteiger partial charge in [0.2, 0.25) is 6.29 Å². The molecule has 4 aliphatic rings. The predicted molar refractivity (Wildman–Crippen MR) is 262 cm³/mol. The van der Waals surface area contributed by atoms with Crippen molar-refractivity contribution in [1.29, 1.82) is 0 Å². The molecule has 0 radical (unpaired) electrons. The summed E-state index contributed by atoms with van der Waals surface area (Å²) in [6.45, 7) is 0. The quantitative estimate of drug-likeness (QED) is 0.177. The Morgan fingerprint density at radius 2 is 1.06 bits per heavy atom. The van der Waals surface area contributed by atoms with Gasteiger partial charge < -0.3 is 18.9 Å². The molecule has 2 aliphatic carbocycles. The van der Waals surface area contributed by atoms with Crippen LogP contribution in [0.1, 0.15) is 39.7 Å². The second kappa shape index (κ2) is 13.5. The fourth-order valence-corrected chi connectivity index (χ4v) is 11.3. The van der Waals surface area contributed by atoms with E-state index in [1.165, 1.54) is 44.2 Å². The van der Waals surface area contributed by atoms with E-state index in [4.69, 9.17) is 14.5 Å². The van der Waals surface area contributed by atoms with Crippen molar-refractivity contribution in [2.24, 2.45) is 4.99 Å². The second-order valence-electron chi connectivity index (χ2n) is 17.4. The number of fused-ring (bicyclic) bond motifs is 16. The lowest BCUT2D eigenvalue weighted by Crippen LogP contribution is -2.31. The first kappa shape index (κ1) is 36.1. The van der Waals surface area contributed by atoms with Crippen LogP contribution in [0, 0.1) is 0 Å². The molecule has 0 saturated carbocycles. The molecule has 0 saturated heterocycles. The largest absolute Gasteiger partial charge is 0.449 e. The minimum atomic E-state index is -0.562. The maximum Gasteiger partial charge on any atom is 0.203 e. The zero-order chi connectivity index (χ0) is 42.8. The summed E-state index contributed by atoms with van der Waals surface area (Å²) in [6, 6.07) is 74.1. The number of benzene rings is 9. The van der Waals surface area contributed by atoms with Crippen LogP contribution in [0.25, 0.3) is 60.9 Å². The second-order valence-corrected chi connectivity index (χ2v) is 17.4. The highest BCUT2D eigenvalue weighted by Gasteiger charge is 2.53. The van der Waals surface area contributed by atoms with Crippen LogP contribution in [0.2, 0.25) is 0 Å². The van der Waals surface area contributed by atoms with Gasteiger partial charge in [-0.2, -0.15) is 0 Å². The average molecular weight is 834 g/mol. The van der Waals surface area contributed by atoms with Gasteiger partial charge in [0.15, 0.2) is 23.0 Å². The van der Waals surface area contributed by atoms with Gasteiger partial charge in [0, 0.05) is 29.1 Å². The Bertz CT molecular complexity index is 3650. The van der Waals surface area contributed by atoms with Crippen molar-refractivity contribution in [1.82, 2.24) is 9.47 Å². The molecular weight excluding hydrogens is 795 g/mol. The van der Waals surface area contributed by atoms with E-state index in [1.54, 1.807) is 0 Å². The van der Waals surface area contributed by atoms with Gasteiger partial charge in [-0.3, -0.25) is 0 Å². The van der Waals surface area contributed by atoms with E-state index >= 15 is 0 Å². The van der Waals surface area contributed by atoms with Gasteiger partial charge in [0.05, 0.1) is 22.2 Å². The topological polar surface area (TPSA) is 39.0 Å². The molecule has 306 valence electrons. The molecule has 10 aromatic rings. The maximum atomic E-state index is 6.84. The fourth-order valence-electron chi connectivity index (χ4n) is 11.3. The van der Waals surface area contributed by atoms with Gasteiger partial charge in [-0.05, 0) is 110 Å². The van der Waals surface area contributed by atoms with E-state index in [-0.39, 0.29) is 6.29 Å². The van der Waals surface area contributed by atoms with E-state index in [9.17, 15) is 0 Å². The average Bonchev–Trinajstić information content (AvgIpc) is 3.98. The Labute approximate surface area is 376 Å². The van der Waals surface area contributed by atoms with Crippen molar-refractivity contribution < 1.29 is 9.47 Å². The van der Waals surface area contributed by atoms with Crippen molar-refractivity contribution >= 4 is 33.2 Å². The SMILES string of the molecule is CN1C(c2ccccc2)=CC(c2ccccc2)=NC1n1c2ccccc2c2cc(-c3ccc4c(c3)C3(c5ccccc5-c5ccccc53)c3ccc5c(c3-4)Oc3ccccc3O5)ccc21. The molecule has 1 unspecified atom stereocenters. The van der Waals surface area contributed by atoms with Crippen molar-refractivity contribution in [3.63, 3.8) is 0 Å². The Hall–Kier alpha value is -8.41. The number of aliphatic imine (C=N–C) groups is 1. The molecule has 3 heterocycles. The third kappa shape index (κ3) is 5.01. The van der Waals surface area contributed by atoms with Gasteiger partial charge in [-0.15, -0.1) is 0 Å². The normalized spacial score (nSPS) is 15.8. The summed E-state index contributed by atoms with van der Waals surface area (Å²) in [6.07, 6.45) is 1.89. The molecule has 0 bridgehead atoms. The van der Waals surface area contributed by atoms with Crippen molar-refractivity contribution in [3.8, 4) is 56.4 Å². The summed E-state index contributed by atoms with van der Waals surface area (Å²) in [5.41, 5.74) is 18.1.